The van der Waals surface area contributed by atoms with Crippen molar-refractivity contribution >= 4 is 12.0 Å². The van der Waals surface area contributed by atoms with Gasteiger partial charge in [0.25, 0.3) is 0 Å². The Balaban J connectivity index is 2.08. The molecule has 0 aromatic heterocycles. The van der Waals surface area contributed by atoms with Gasteiger partial charge in [-0.3, -0.25) is 0 Å². The summed E-state index contributed by atoms with van der Waals surface area (Å²) in [5, 5.41) is 0. The number of allylic oxidation sites excluding steroid dienone is 2. The summed E-state index contributed by atoms with van der Waals surface area (Å²) in [6.07, 6.45) is 8.22. The van der Waals surface area contributed by atoms with Gasteiger partial charge in [0, 0.05) is 0 Å². The Morgan fingerprint density at radius 2 is 2.24 bits per heavy atom. The number of hydrogen-bond acceptors (Lipinski definition) is 2. The molecule has 2 atom stereocenters. The van der Waals surface area contributed by atoms with E-state index in [2.05, 4.69) is 56.8 Å². The maximum absolute atomic E-state index is 6.05. The molecule has 0 amide bonds. The van der Waals surface area contributed by atoms with E-state index in [1.165, 1.54) is 11.1 Å². The number of aliphatic imine (C=N–C) groups is 1. The molecule has 2 nitrogen and oxygen atoms in total. The van der Waals surface area contributed by atoms with Crippen molar-refractivity contribution in [2.75, 3.05) is 6.61 Å². The van der Waals surface area contributed by atoms with Crippen LogP contribution >= 0.6 is 0 Å². The zero-order valence-electron chi connectivity index (χ0n) is 12.9. The van der Waals surface area contributed by atoms with Crippen molar-refractivity contribution < 1.29 is 4.74 Å². The Morgan fingerprint density at radius 1 is 1.43 bits per heavy atom. The largest absolute Gasteiger partial charge is 0.478 e. The Bertz CT molecular complexity index is 599. The molecular formula is C19H23NO. The minimum atomic E-state index is -0.170. The molecule has 21 heavy (non-hydrogen) atoms. The van der Waals surface area contributed by atoms with Gasteiger partial charge in [-0.15, -0.1) is 6.58 Å². The summed E-state index contributed by atoms with van der Waals surface area (Å²) in [6, 6.07) is 8.83. The van der Waals surface area contributed by atoms with Crippen LogP contribution in [0.4, 0.5) is 0 Å². The maximum Gasteiger partial charge on any atom is 0.195 e. The second-order valence-corrected chi connectivity index (χ2v) is 6.33. The van der Waals surface area contributed by atoms with E-state index in [1.54, 1.807) is 0 Å². The fourth-order valence-corrected chi connectivity index (χ4v) is 3.30. The van der Waals surface area contributed by atoms with Gasteiger partial charge in [0.05, 0.1) is 11.5 Å². The molecule has 3 rings (SSSR count). The van der Waals surface area contributed by atoms with Gasteiger partial charge < -0.3 is 4.74 Å². The fraction of sp³-hybridized carbons (Fsp3) is 0.421. The zero-order chi connectivity index (χ0) is 14.9. The van der Waals surface area contributed by atoms with Crippen molar-refractivity contribution in [3.05, 3.63) is 54.1 Å². The summed E-state index contributed by atoms with van der Waals surface area (Å²) in [4.78, 5) is 4.91. The molecule has 0 fully saturated rings. The van der Waals surface area contributed by atoms with E-state index in [-0.39, 0.29) is 11.5 Å². The Kier molecular flexibility index (Phi) is 3.71. The molecule has 0 radical (unpaired) electrons. The quantitative estimate of drug-likeness (QED) is 0.751. The number of nitrogens with zero attached hydrogens (tertiary/aromatic N) is 1. The van der Waals surface area contributed by atoms with Crippen LogP contribution in [-0.4, -0.2) is 18.5 Å². The highest BCUT2D eigenvalue weighted by atomic mass is 16.5. The molecule has 110 valence electrons. The van der Waals surface area contributed by atoms with E-state index >= 15 is 0 Å². The van der Waals surface area contributed by atoms with Crippen molar-refractivity contribution in [2.24, 2.45) is 10.9 Å². The SMILES string of the molecule is C=CC[C@]1(C2=N[C@@H](C(C)C)CO2)CC=Cc2ccccc21. The van der Waals surface area contributed by atoms with Crippen molar-refractivity contribution in [3.63, 3.8) is 0 Å². The maximum atomic E-state index is 6.05. The lowest BCUT2D eigenvalue weighted by molar-refractivity contribution is 0.268. The van der Waals surface area contributed by atoms with Crippen molar-refractivity contribution in [2.45, 2.75) is 38.1 Å². The summed E-state index contributed by atoms with van der Waals surface area (Å²) < 4.78 is 6.05. The topological polar surface area (TPSA) is 21.6 Å². The van der Waals surface area contributed by atoms with E-state index in [9.17, 15) is 0 Å². The summed E-state index contributed by atoms with van der Waals surface area (Å²) in [7, 11) is 0. The van der Waals surface area contributed by atoms with Crippen LogP contribution < -0.4 is 0 Å². The fourth-order valence-electron chi connectivity index (χ4n) is 3.30. The van der Waals surface area contributed by atoms with Gasteiger partial charge in [-0.25, -0.2) is 4.99 Å². The molecule has 0 saturated carbocycles. The lowest BCUT2D eigenvalue weighted by atomic mass is 9.70. The molecular weight excluding hydrogens is 258 g/mol. The van der Waals surface area contributed by atoms with Gasteiger partial charge >= 0.3 is 0 Å². The van der Waals surface area contributed by atoms with Gasteiger partial charge in [-0.05, 0) is 29.9 Å². The van der Waals surface area contributed by atoms with Crippen LogP contribution in [0.1, 0.15) is 37.8 Å². The van der Waals surface area contributed by atoms with Crippen LogP contribution in [0, 0.1) is 5.92 Å². The van der Waals surface area contributed by atoms with E-state index in [1.807, 2.05) is 6.08 Å². The molecule has 0 bridgehead atoms. The van der Waals surface area contributed by atoms with E-state index in [0.717, 1.165) is 18.7 Å². The molecule has 0 spiro atoms. The average molecular weight is 281 g/mol. The van der Waals surface area contributed by atoms with Gasteiger partial charge in [-0.2, -0.15) is 0 Å². The second-order valence-electron chi connectivity index (χ2n) is 6.33. The van der Waals surface area contributed by atoms with Crippen LogP contribution in [0.3, 0.4) is 0 Å². The molecule has 1 heterocycles. The van der Waals surface area contributed by atoms with Gasteiger partial charge in [0.1, 0.15) is 6.61 Å². The zero-order valence-corrected chi connectivity index (χ0v) is 12.9. The molecule has 0 saturated heterocycles. The minimum absolute atomic E-state index is 0.170. The third-order valence-corrected chi connectivity index (χ3v) is 4.59. The first kappa shape index (κ1) is 14.1. The van der Waals surface area contributed by atoms with Gasteiger partial charge in [0.2, 0.25) is 0 Å². The lowest BCUT2D eigenvalue weighted by Gasteiger charge is -2.35. The molecule has 1 aliphatic heterocycles. The number of hydrogen-bond donors (Lipinski definition) is 0. The molecule has 0 N–H and O–H groups in total. The molecule has 2 aliphatic rings. The predicted molar refractivity (Wildman–Crippen MR) is 88.6 cm³/mol. The number of benzene rings is 1. The Morgan fingerprint density at radius 3 is 2.95 bits per heavy atom. The molecule has 1 aromatic carbocycles. The highest BCUT2D eigenvalue weighted by Gasteiger charge is 2.43. The average Bonchev–Trinajstić information content (AvgIpc) is 2.98. The van der Waals surface area contributed by atoms with Crippen LogP contribution in [0.25, 0.3) is 6.08 Å². The first-order valence-corrected chi connectivity index (χ1v) is 7.75. The Labute approximate surface area is 127 Å². The van der Waals surface area contributed by atoms with Crippen LogP contribution in [0.15, 0.2) is 48.0 Å². The first-order valence-electron chi connectivity index (χ1n) is 7.75. The van der Waals surface area contributed by atoms with Crippen molar-refractivity contribution in [1.82, 2.24) is 0 Å². The number of rotatable bonds is 4. The van der Waals surface area contributed by atoms with E-state index in [0.29, 0.717) is 12.5 Å². The molecule has 2 heteroatoms. The van der Waals surface area contributed by atoms with E-state index < -0.39 is 0 Å². The third kappa shape index (κ3) is 2.33. The third-order valence-electron chi connectivity index (χ3n) is 4.59. The minimum Gasteiger partial charge on any atom is -0.478 e. The number of fused-ring (bicyclic) bond motifs is 1. The normalized spacial score (nSPS) is 27.2. The lowest BCUT2D eigenvalue weighted by Crippen LogP contribution is -2.37. The van der Waals surface area contributed by atoms with E-state index in [4.69, 9.17) is 9.73 Å². The van der Waals surface area contributed by atoms with Crippen LogP contribution in [-0.2, 0) is 10.2 Å². The summed E-state index contributed by atoms with van der Waals surface area (Å²) >= 11 is 0. The second kappa shape index (κ2) is 5.51. The highest BCUT2D eigenvalue weighted by molar-refractivity contribution is 5.92. The van der Waals surface area contributed by atoms with Gasteiger partial charge in [-0.1, -0.05) is 56.3 Å². The van der Waals surface area contributed by atoms with Crippen LogP contribution in [0.2, 0.25) is 0 Å². The monoisotopic (exact) mass is 281 g/mol. The van der Waals surface area contributed by atoms with Gasteiger partial charge in [0.15, 0.2) is 5.90 Å². The predicted octanol–water partition coefficient (Wildman–Crippen LogP) is 4.37. The summed E-state index contributed by atoms with van der Waals surface area (Å²) in [5.41, 5.74) is 2.41. The number of ether oxygens (including phenoxy) is 1. The van der Waals surface area contributed by atoms with Crippen LogP contribution in [0.5, 0.6) is 0 Å². The highest BCUT2D eigenvalue weighted by Crippen LogP contribution is 2.42. The Hall–Kier alpha value is -1.83. The smallest absolute Gasteiger partial charge is 0.195 e. The molecule has 0 unspecified atom stereocenters. The first-order chi connectivity index (χ1) is 10.2. The van der Waals surface area contributed by atoms with Crippen molar-refractivity contribution in [3.8, 4) is 0 Å². The molecule has 1 aromatic rings. The summed E-state index contributed by atoms with van der Waals surface area (Å²) in [5.74, 6) is 1.41. The molecule has 1 aliphatic carbocycles. The standard InChI is InChI=1S/C19H23NO/c1-4-11-19(18-20-17(13-21-18)14(2)3)12-7-9-15-8-5-6-10-16(15)19/h4-10,14,17H,1,11-13H2,2-3H3/t17-,19+/m1/s1. The van der Waals surface area contributed by atoms with Crippen molar-refractivity contribution in [1.29, 1.82) is 0 Å². The summed E-state index contributed by atoms with van der Waals surface area (Å²) in [6.45, 7) is 9.08.